The fourth-order valence-corrected chi connectivity index (χ4v) is 9.36. The second kappa shape index (κ2) is 23.0. The van der Waals surface area contributed by atoms with Crippen LogP contribution in [0.15, 0.2) is 35.4 Å². The molecule has 380 valence electrons. The van der Waals surface area contributed by atoms with Crippen molar-refractivity contribution in [2.45, 2.75) is 123 Å². The third-order valence-corrected chi connectivity index (χ3v) is 13.7. The number of esters is 1. The van der Waals surface area contributed by atoms with Crippen LogP contribution >= 0.6 is 0 Å². The fraction of sp³-hybridized carbons (Fsp3) is 0.681. The molecule has 2 bridgehead atoms. The van der Waals surface area contributed by atoms with E-state index in [9.17, 15) is 55.1 Å². The monoisotopic (exact) mass is 972 g/mol. The molecule has 2 aromatic rings. The SMILES string of the molecule is CC.CC.CCC(C)NC(=O)C1CN(C(=O)c2c[nH]c(=O)cn2)CC12CN(C(=O)C1(C(F)(F)F)CC1)C2.COC(=O)c1ccc(C2CCN(C=O)CC2)cc1C(F)(F)F.OCC12CCC(C1)OC2. The number of carbonyl (C=O) groups is 5. The Hall–Kier alpha value is -5.05. The van der Waals surface area contributed by atoms with Crippen LogP contribution in [0.2, 0.25) is 0 Å². The molecule has 0 radical (unpaired) electrons. The summed E-state index contributed by atoms with van der Waals surface area (Å²) in [5.74, 6) is -3.47. The van der Waals surface area contributed by atoms with Gasteiger partial charge in [-0.1, -0.05) is 40.7 Å². The Labute approximate surface area is 392 Å². The summed E-state index contributed by atoms with van der Waals surface area (Å²) >= 11 is 0. The van der Waals surface area contributed by atoms with Crippen LogP contribution in [0, 0.1) is 22.2 Å². The quantitative estimate of drug-likeness (QED) is 0.145. The van der Waals surface area contributed by atoms with Gasteiger partial charge in [-0.2, -0.15) is 26.3 Å². The number of piperidine rings is 1. The molecule has 3 N–H and O–H groups in total. The van der Waals surface area contributed by atoms with Crippen molar-refractivity contribution in [3.05, 3.63) is 63.3 Å². The average molecular weight is 973 g/mol. The molecule has 6 fully saturated rings. The van der Waals surface area contributed by atoms with Crippen molar-refractivity contribution in [1.29, 1.82) is 0 Å². The molecule has 2 aliphatic carbocycles. The van der Waals surface area contributed by atoms with Gasteiger partial charge in [0.1, 0.15) is 11.1 Å². The Bertz CT molecular complexity index is 2090. The highest BCUT2D eigenvalue weighted by Crippen LogP contribution is 2.60. The molecule has 2 saturated carbocycles. The molecule has 1 aromatic carbocycles. The van der Waals surface area contributed by atoms with Gasteiger partial charge in [-0.05, 0) is 81.9 Å². The lowest BCUT2D eigenvalue weighted by atomic mass is 9.70. The summed E-state index contributed by atoms with van der Waals surface area (Å²) in [4.78, 5) is 82.4. The van der Waals surface area contributed by atoms with E-state index in [0.29, 0.717) is 50.6 Å². The Morgan fingerprint density at radius 3 is 2.07 bits per heavy atom. The van der Waals surface area contributed by atoms with E-state index in [1.807, 2.05) is 41.5 Å². The minimum atomic E-state index is -4.62. The van der Waals surface area contributed by atoms with Crippen LogP contribution in [0.4, 0.5) is 26.3 Å². The summed E-state index contributed by atoms with van der Waals surface area (Å²) in [5, 5.41) is 11.9. The van der Waals surface area contributed by atoms with Crippen molar-refractivity contribution in [1.82, 2.24) is 30.0 Å². The molecule has 15 nitrogen and oxygen atoms in total. The number of methoxy groups -OCH3 is 1. The van der Waals surface area contributed by atoms with Crippen molar-refractivity contribution in [2.24, 2.45) is 22.2 Å². The number of nitrogens with zero attached hydrogens (tertiary/aromatic N) is 4. The predicted octanol–water partition coefficient (Wildman–Crippen LogP) is 6.36. The number of nitrogens with one attached hydrogen (secondary N) is 2. The molecule has 21 heteroatoms. The number of aromatic nitrogens is 2. The van der Waals surface area contributed by atoms with Crippen LogP contribution < -0.4 is 10.9 Å². The average Bonchev–Trinajstić information content (AvgIpc) is 3.70. The zero-order valence-corrected chi connectivity index (χ0v) is 39.9. The van der Waals surface area contributed by atoms with Crippen LogP contribution in [0.5, 0.6) is 0 Å². The van der Waals surface area contributed by atoms with Crippen LogP contribution in [-0.4, -0.2) is 138 Å². The number of aromatic amines is 1. The number of H-pyrrole nitrogens is 1. The third-order valence-electron chi connectivity index (χ3n) is 13.7. The molecule has 8 rings (SSSR count). The Kier molecular flexibility index (Phi) is 18.8. The first-order valence-electron chi connectivity index (χ1n) is 23.4. The molecule has 4 saturated heterocycles. The van der Waals surface area contributed by atoms with Crippen LogP contribution in [0.3, 0.4) is 0 Å². The molecule has 5 heterocycles. The molecule has 6 aliphatic rings. The van der Waals surface area contributed by atoms with E-state index < -0.39 is 63.6 Å². The van der Waals surface area contributed by atoms with E-state index in [4.69, 9.17) is 9.84 Å². The van der Waals surface area contributed by atoms with Crippen molar-refractivity contribution >= 4 is 30.1 Å². The minimum absolute atomic E-state index is 0.00556. The number of fused-ring (bicyclic) bond motifs is 2. The number of benzene rings is 1. The van der Waals surface area contributed by atoms with Crippen LogP contribution in [-0.2, 0) is 30.0 Å². The number of rotatable bonds is 9. The number of likely N-dealkylation sites (tertiary alicyclic amines) is 3. The van der Waals surface area contributed by atoms with Gasteiger partial charge in [0, 0.05) is 62.3 Å². The zero-order chi connectivity index (χ0) is 50.8. The van der Waals surface area contributed by atoms with Crippen molar-refractivity contribution in [3.8, 4) is 0 Å². The van der Waals surface area contributed by atoms with Crippen molar-refractivity contribution < 1.29 is 64.9 Å². The maximum Gasteiger partial charge on any atom is 0.417 e. The number of hydrogen-bond acceptors (Lipinski definition) is 10. The lowest BCUT2D eigenvalue weighted by Crippen LogP contribution is -2.66. The second-order valence-corrected chi connectivity index (χ2v) is 18.0. The number of carbonyl (C=O) groups excluding carboxylic acids is 5. The molecule has 4 atom stereocenters. The maximum absolute atomic E-state index is 13.4. The van der Waals surface area contributed by atoms with Crippen molar-refractivity contribution in [2.75, 3.05) is 59.6 Å². The van der Waals surface area contributed by atoms with Gasteiger partial charge in [-0.3, -0.25) is 24.0 Å². The highest BCUT2D eigenvalue weighted by molar-refractivity contribution is 5.94. The van der Waals surface area contributed by atoms with Gasteiger partial charge in [0.25, 0.3) is 11.5 Å². The number of ether oxygens (including phenoxy) is 2. The van der Waals surface area contributed by atoms with E-state index >= 15 is 0 Å². The van der Waals surface area contributed by atoms with E-state index in [2.05, 4.69) is 20.0 Å². The topological polar surface area (TPSA) is 192 Å². The Morgan fingerprint density at radius 1 is 1.00 bits per heavy atom. The number of aliphatic hydroxyl groups is 1. The zero-order valence-electron chi connectivity index (χ0n) is 39.9. The first kappa shape index (κ1) is 55.5. The van der Waals surface area contributed by atoms with Gasteiger partial charge in [0.05, 0.1) is 49.7 Å². The van der Waals surface area contributed by atoms with Gasteiger partial charge in [-0.15, -0.1) is 0 Å². The molecule has 4 unspecified atom stereocenters. The van der Waals surface area contributed by atoms with Gasteiger partial charge >= 0.3 is 18.3 Å². The third kappa shape index (κ3) is 12.4. The fourth-order valence-electron chi connectivity index (χ4n) is 9.36. The molecule has 1 spiro atoms. The van der Waals surface area contributed by atoms with Gasteiger partial charge in [0.2, 0.25) is 18.2 Å². The second-order valence-electron chi connectivity index (χ2n) is 18.0. The van der Waals surface area contributed by atoms with Crippen LogP contribution in [0.25, 0.3) is 0 Å². The summed E-state index contributed by atoms with van der Waals surface area (Å²) in [6.07, 6.45) is -0.944. The summed E-state index contributed by atoms with van der Waals surface area (Å²) in [7, 11) is 1.05. The van der Waals surface area contributed by atoms with E-state index in [0.717, 1.165) is 49.8 Å². The summed E-state index contributed by atoms with van der Waals surface area (Å²) in [5.41, 5.74) is -4.35. The Balaban J connectivity index is 0.000000245. The number of halogens is 6. The lowest BCUT2D eigenvalue weighted by Gasteiger charge is -2.51. The molecular weight excluding hydrogens is 907 g/mol. The largest absolute Gasteiger partial charge is 0.465 e. The lowest BCUT2D eigenvalue weighted by molar-refractivity contribution is -0.205. The van der Waals surface area contributed by atoms with Crippen molar-refractivity contribution in [3.63, 3.8) is 0 Å². The Morgan fingerprint density at radius 2 is 1.63 bits per heavy atom. The first-order valence-corrected chi connectivity index (χ1v) is 23.4. The molecule has 4 amide bonds. The predicted molar refractivity (Wildman–Crippen MR) is 237 cm³/mol. The number of amides is 4. The highest BCUT2D eigenvalue weighted by atomic mass is 19.4. The van der Waals surface area contributed by atoms with Crippen LogP contribution in [0.1, 0.15) is 131 Å². The molecule has 1 aromatic heterocycles. The number of hydrogen-bond donors (Lipinski definition) is 3. The minimum Gasteiger partial charge on any atom is -0.465 e. The smallest absolute Gasteiger partial charge is 0.417 e. The standard InChI is InChI=1S/C21H26F3N5O4.C15H16F3NO3.C7H12O2.2C2H6/c1-3-12(2)27-16(31)13-8-28(17(32)14-6-26-15(30)7-25-14)9-19(13)10-29(11-19)18(33)20(4-5-20)21(22,23)24;1-22-14(21)12-3-2-11(8-13(12)15(16,17)18)10-4-6-19(9-20)7-5-10;8-4-7-2-1-6(3-7)9-5-7;2*1-2/h6-7,12-13H,3-5,8-11H2,1-2H3,(H,26,30)(H,27,31);2-3,8-10H,4-7H2,1H3;6,8H,1-5H2;2*1-2H3. The van der Waals surface area contributed by atoms with E-state index in [-0.39, 0.29) is 68.0 Å². The maximum atomic E-state index is 13.4. The molecule has 4 aliphatic heterocycles. The van der Waals surface area contributed by atoms with E-state index in [1.54, 1.807) is 4.90 Å². The van der Waals surface area contributed by atoms with Gasteiger partial charge < -0.3 is 39.6 Å². The summed E-state index contributed by atoms with van der Waals surface area (Å²) in [6.45, 7) is 14.0. The van der Waals surface area contributed by atoms with E-state index in [1.165, 1.54) is 30.0 Å². The van der Waals surface area contributed by atoms with Gasteiger partial charge in [0.15, 0.2) is 0 Å². The molecule has 68 heavy (non-hydrogen) atoms. The highest BCUT2D eigenvalue weighted by Gasteiger charge is 2.71. The first-order chi connectivity index (χ1) is 32.1. The van der Waals surface area contributed by atoms with Gasteiger partial charge in [-0.25, -0.2) is 9.78 Å². The summed E-state index contributed by atoms with van der Waals surface area (Å²) in [6, 6.07) is 3.60. The number of alkyl halides is 6. The summed E-state index contributed by atoms with van der Waals surface area (Å²) < 4.78 is 89.5. The number of aliphatic hydroxyl groups excluding tert-OH is 1. The molecular formula is C47H66F6N6O9. The normalized spacial score (nSPS) is 23.4.